The van der Waals surface area contributed by atoms with Gasteiger partial charge in [0.25, 0.3) is 11.8 Å². The molecule has 1 aromatic heterocycles. The molecule has 4 aromatic carbocycles. The smallest absolute Gasteiger partial charge is 0.255 e. The van der Waals surface area contributed by atoms with Crippen molar-refractivity contribution in [3.05, 3.63) is 101 Å². The van der Waals surface area contributed by atoms with Crippen LogP contribution in [-0.2, 0) is 16.6 Å². The molecule has 5 aromatic rings. The minimum absolute atomic E-state index is 0.00234. The van der Waals surface area contributed by atoms with E-state index in [-0.39, 0.29) is 23.7 Å². The van der Waals surface area contributed by atoms with E-state index in [0.717, 1.165) is 62.8 Å². The monoisotopic (exact) mass is 615 g/mol. The number of carbonyl (C=O) groups excluding carboxylic acids is 3. The first-order valence-corrected chi connectivity index (χ1v) is 15.8. The summed E-state index contributed by atoms with van der Waals surface area (Å²) in [6, 6.07) is 23.3. The Hall–Kier alpha value is -4.95. The summed E-state index contributed by atoms with van der Waals surface area (Å²) in [7, 11) is 2.07. The number of nitrogens with one attached hydrogen (secondary N) is 2. The van der Waals surface area contributed by atoms with Crippen LogP contribution in [0.3, 0.4) is 0 Å². The van der Waals surface area contributed by atoms with Gasteiger partial charge in [-0.1, -0.05) is 63.2 Å². The Bertz CT molecular complexity index is 1980. The summed E-state index contributed by atoms with van der Waals surface area (Å²) in [5.41, 5.74) is 14.0. The Kier molecular flexibility index (Phi) is 8.17. The number of likely N-dealkylation sites (N-methyl/N-ethyl adjacent to an activating group) is 1. The quantitative estimate of drug-likeness (QED) is 0.209. The van der Waals surface area contributed by atoms with Crippen molar-refractivity contribution in [3.8, 4) is 11.1 Å². The van der Waals surface area contributed by atoms with Crippen LogP contribution in [0.2, 0.25) is 0 Å². The molecule has 0 atom stereocenters. The number of amides is 3. The Balaban J connectivity index is 1.39. The van der Waals surface area contributed by atoms with Crippen LogP contribution in [0.25, 0.3) is 32.9 Å². The number of fused-ring (bicyclic) bond motifs is 3. The maximum atomic E-state index is 13.4. The highest BCUT2D eigenvalue weighted by Crippen LogP contribution is 2.39. The fraction of sp³-hybridized carbons (Fsp3) is 0.289. The Labute approximate surface area is 269 Å². The standard InChI is InChI=1S/C38H41N5O3/c1-23-28(7-6-8-31(23)41-36(45)24-9-13-27(14-10-24)38(2,3)4)29-15-11-25(22-33(39)44)35-34(29)30-16-12-26(21-32(30)40-35)37(46)43-19-17-42(5)18-20-43/h6-16,21,40H,17-20,22H2,1-5H3,(H2,39,44)(H,41,45). The van der Waals surface area contributed by atoms with Gasteiger partial charge in [0.2, 0.25) is 5.91 Å². The van der Waals surface area contributed by atoms with Crippen LogP contribution in [0.1, 0.15) is 58.2 Å². The Morgan fingerprint density at radius 3 is 2.24 bits per heavy atom. The maximum absolute atomic E-state index is 13.4. The van der Waals surface area contributed by atoms with Gasteiger partial charge in [-0.25, -0.2) is 0 Å². The molecule has 0 aliphatic carbocycles. The average molecular weight is 616 g/mol. The molecule has 1 aliphatic heterocycles. The normalized spacial score (nSPS) is 14.2. The number of piperazine rings is 1. The summed E-state index contributed by atoms with van der Waals surface area (Å²) in [6.07, 6.45) is 0.0831. The van der Waals surface area contributed by atoms with E-state index in [9.17, 15) is 14.4 Å². The number of hydrogen-bond acceptors (Lipinski definition) is 4. The lowest BCUT2D eigenvalue weighted by atomic mass is 9.86. The van der Waals surface area contributed by atoms with Gasteiger partial charge >= 0.3 is 0 Å². The molecule has 0 bridgehead atoms. The van der Waals surface area contributed by atoms with E-state index in [0.29, 0.717) is 24.2 Å². The molecule has 1 saturated heterocycles. The summed E-state index contributed by atoms with van der Waals surface area (Å²) in [6.45, 7) is 11.5. The molecular formula is C38H41N5O3. The molecule has 8 heteroatoms. The number of carbonyl (C=O) groups is 3. The number of nitrogens with zero attached hydrogens (tertiary/aromatic N) is 2. The molecule has 236 valence electrons. The zero-order chi connectivity index (χ0) is 32.7. The highest BCUT2D eigenvalue weighted by Gasteiger charge is 2.23. The predicted molar refractivity (Wildman–Crippen MR) is 185 cm³/mol. The second-order valence-electron chi connectivity index (χ2n) is 13.4. The molecular weight excluding hydrogens is 574 g/mol. The SMILES string of the molecule is Cc1c(NC(=O)c2ccc(C(C)(C)C)cc2)cccc1-c1ccc(CC(N)=O)c2[nH]c3cc(C(=O)N4CCN(C)CC4)ccc3c12. The number of anilines is 1. The third kappa shape index (κ3) is 6.00. The number of rotatable bonds is 6. The second kappa shape index (κ2) is 12.1. The molecule has 2 heterocycles. The Morgan fingerprint density at radius 1 is 0.870 bits per heavy atom. The number of aromatic nitrogens is 1. The van der Waals surface area contributed by atoms with Gasteiger partial charge in [0.05, 0.1) is 11.9 Å². The molecule has 4 N–H and O–H groups in total. The van der Waals surface area contributed by atoms with E-state index in [1.54, 1.807) is 0 Å². The molecule has 0 unspecified atom stereocenters. The van der Waals surface area contributed by atoms with Crippen LogP contribution in [0.4, 0.5) is 5.69 Å². The van der Waals surface area contributed by atoms with Gasteiger partial charge in [-0.15, -0.1) is 0 Å². The fourth-order valence-electron chi connectivity index (χ4n) is 6.33. The molecule has 1 fully saturated rings. The Morgan fingerprint density at radius 2 is 1.57 bits per heavy atom. The van der Waals surface area contributed by atoms with E-state index in [1.807, 2.05) is 84.6 Å². The lowest BCUT2D eigenvalue weighted by molar-refractivity contribution is -0.117. The summed E-state index contributed by atoms with van der Waals surface area (Å²) >= 11 is 0. The van der Waals surface area contributed by atoms with Gasteiger partial charge in [-0.05, 0) is 77.5 Å². The van der Waals surface area contributed by atoms with Crippen molar-refractivity contribution in [2.24, 2.45) is 5.73 Å². The topological polar surface area (TPSA) is 112 Å². The highest BCUT2D eigenvalue weighted by molar-refractivity contribution is 6.17. The highest BCUT2D eigenvalue weighted by atomic mass is 16.2. The zero-order valence-corrected chi connectivity index (χ0v) is 27.2. The van der Waals surface area contributed by atoms with Crippen molar-refractivity contribution >= 4 is 45.2 Å². The van der Waals surface area contributed by atoms with E-state index < -0.39 is 5.91 Å². The minimum atomic E-state index is -0.421. The van der Waals surface area contributed by atoms with Crippen LogP contribution in [-0.4, -0.2) is 65.7 Å². The van der Waals surface area contributed by atoms with E-state index in [2.05, 4.69) is 43.0 Å². The van der Waals surface area contributed by atoms with Crippen LogP contribution >= 0.6 is 0 Å². The first-order chi connectivity index (χ1) is 21.9. The molecule has 3 amide bonds. The van der Waals surface area contributed by atoms with Gasteiger partial charge in [-0.3, -0.25) is 14.4 Å². The molecule has 0 saturated carbocycles. The number of benzene rings is 4. The van der Waals surface area contributed by atoms with Crippen molar-refractivity contribution in [1.29, 1.82) is 0 Å². The van der Waals surface area contributed by atoms with Gasteiger partial charge in [0.15, 0.2) is 0 Å². The number of primary amides is 1. The summed E-state index contributed by atoms with van der Waals surface area (Å²) in [5, 5.41) is 5.00. The molecule has 6 rings (SSSR count). The molecule has 0 spiro atoms. The average Bonchev–Trinajstić information content (AvgIpc) is 3.41. The van der Waals surface area contributed by atoms with E-state index >= 15 is 0 Å². The summed E-state index contributed by atoms with van der Waals surface area (Å²) < 4.78 is 0. The fourth-order valence-corrected chi connectivity index (χ4v) is 6.33. The number of H-pyrrole nitrogens is 1. The van der Waals surface area contributed by atoms with E-state index in [4.69, 9.17) is 5.73 Å². The molecule has 0 radical (unpaired) electrons. The zero-order valence-electron chi connectivity index (χ0n) is 27.2. The van der Waals surface area contributed by atoms with Crippen molar-refractivity contribution < 1.29 is 14.4 Å². The first kappa shape index (κ1) is 31.0. The van der Waals surface area contributed by atoms with Crippen LogP contribution < -0.4 is 11.1 Å². The van der Waals surface area contributed by atoms with Gasteiger partial charge < -0.3 is 25.8 Å². The first-order valence-electron chi connectivity index (χ1n) is 15.8. The largest absolute Gasteiger partial charge is 0.369 e. The lowest BCUT2D eigenvalue weighted by Crippen LogP contribution is -2.47. The van der Waals surface area contributed by atoms with Crippen molar-refractivity contribution in [2.45, 2.75) is 39.5 Å². The molecule has 8 nitrogen and oxygen atoms in total. The van der Waals surface area contributed by atoms with E-state index in [1.165, 1.54) is 5.56 Å². The second-order valence-corrected chi connectivity index (χ2v) is 13.4. The van der Waals surface area contributed by atoms with Crippen LogP contribution in [0, 0.1) is 6.92 Å². The molecule has 1 aliphatic rings. The number of aromatic amines is 1. The van der Waals surface area contributed by atoms with Gasteiger partial charge in [0.1, 0.15) is 0 Å². The van der Waals surface area contributed by atoms with Crippen molar-refractivity contribution in [1.82, 2.24) is 14.8 Å². The summed E-state index contributed by atoms with van der Waals surface area (Å²) in [4.78, 5) is 46.3. The third-order valence-electron chi connectivity index (χ3n) is 9.13. The van der Waals surface area contributed by atoms with Crippen molar-refractivity contribution in [2.75, 3.05) is 38.5 Å². The van der Waals surface area contributed by atoms with Gasteiger partial charge in [-0.2, -0.15) is 0 Å². The number of hydrogen-bond donors (Lipinski definition) is 3. The van der Waals surface area contributed by atoms with Crippen LogP contribution in [0.5, 0.6) is 0 Å². The minimum Gasteiger partial charge on any atom is -0.369 e. The van der Waals surface area contributed by atoms with Crippen molar-refractivity contribution in [3.63, 3.8) is 0 Å². The lowest BCUT2D eigenvalue weighted by Gasteiger charge is -2.32. The van der Waals surface area contributed by atoms with Gasteiger partial charge in [0, 0.05) is 59.3 Å². The summed E-state index contributed by atoms with van der Waals surface area (Å²) in [5.74, 6) is -0.582. The maximum Gasteiger partial charge on any atom is 0.255 e. The molecule has 46 heavy (non-hydrogen) atoms. The predicted octanol–water partition coefficient (Wildman–Crippen LogP) is 6.26. The number of nitrogens with two attached hydrogens (primary N) is 1. The third-order valence-corrected chi connectivity index (χ3v) is 9.13. The van der Waals surface area contributed by atoms with Crippen LogP contribution in [0.15, 0.2) is 72.8 Å².